The van der Waals surface area contributed by atoms with Crippen LogP contribution in [-0.2, 0) is 0 Å². The lowest BCUT2D eigenvalue weighted by Crippen LogP contribution is -2.35. The minimum absolute atomic E-state index is 0.0595. The molecule has 1 aromatic carbocycles. The van der Waals surface area contributed by atoms with Crippen LogP contribution in [0.25, 0.3) is 0 Å². The number of benzene rings is 1. The molecule has 2 rings (SSSR count). The van der Waals surface area contributed by atoms with Gasteiger partial charge in [0.15, 0.2) is 0 Å². The highest BCUT2D eigenvalue weighted by Crippen LogP contribution is 2.30. The topological polar surface area (TPSA) is 107 Å². The maximum atomic E-state index is 10.7. The highest BCUT2D eigenvalue weighted by atomic mass is 16.6. The second kappa shape index (κ2) is 5.88. The fourth-order valence-electron chi connectivity index (χ4n) is 2.75. The molecule has 0 heterocycles. The van der Waals surface area contributed by atoms with Crippen molar-refractivity contribution in [1.82, 2.24) is 0 Å². The molecular formula is C13H20N4O2. The van der Waals surface area contributed by atoms with Crippen LogP contribution in [0.2, 0.25) is 0 Å². The third-order valence-corrected chi connectivity index (χ3v) is 3.80. The van der Waals surface area contributed by atoms with Crippen molar-refractivity contribution in [1.29, 1.82) is 0 Å². The quantitative estimate of drug-likeness (QED) is 0.429. The lowest BCUT2D eigenvalue weighted by molar-refractivity contribution is -0.383. The Hall–Kier alpha value is -1.82. The Morgan fingerprint density at radius 3 is 2.63 bits per heavy atom. The number of hydrogen-bond acceptors (Lipinski definition) is 5. The van der Waals surface area contributed by atoms with E-state index >= 15 is 0 Å². The van der Waals surface area contributed by atoms with Gasteiger partial charge in [-0.05, 0) is 30.9 Å². The van der Waals surface area contributed by atoms with E-state index in [-0.39, 0.29) is 17.4 Å². The van der Waals surface area contributed by atoms with Crippen molar-refractivity contribution in [3.8, 4) is 0 Å². The number of rotatable bonds is 5. The van der Waals surface area contributed by atoms with Crippen LogP contribution < -0.4 is 16.8 Å². The molecule has 6 heteroatoms. The summed E-state index contributed by atoms with van der Waals surface area (Å²) in [4.78, 5) is 10.2. The number of nitro groups is 1. The van der Waals surface area contributed by atoms with Crippen molar-refractivity contribution < 1.29 is 4.92 Å². The molecule has 1 aliphatic carbocycles. The molecule has 0 saturated heterocycles. The average Bonchev–Trinajstić information content (AvgIpc) is 2.89. The molecule has 19 heavy (non-hydrogen) atoms. The zero-order valence-electron chi connectivity index (χ0n) is 10.8. The van der Waals surface area contributed by atoms with Crippen LogP contribution >= 0.6 is 0 Å². The predicted octanol–water partition coefficient (Wildman–Crippen LogP) is 2.11. The molecular weight excluding hydrogens is 244 g/mol. The van der Waals surface area contributed by atoms with Gasteiger partial charge in [0.2, 0.25) is 0 Å². The van der Waals surface area contributed by atoms with Crippen molar-refractivity contribution in [2.45, 2.75) is 31.7 Å². The van der Waals surface area contributed by atoms with Gasteiger partial charge in [0.1, 0.15) is 5.69 Å². The first kappa shape index (κ1) is 13.6. The van der Waals surface area contributed by atoms with E-state index in [9.17, 15) is 10.1 Å². The van der Waals surface area contributed by atoms with Crippen LogP contribution in [0, 0.1) is 16.0 Å². The number of anilines is 2. The molecule has 0 aromatic heterocycles. The first-order chi connectivity index (χ1) is 9.11. The number of hydrogen-bond donors (Lipinski definition) is 3. The number of nitrogen functional groups attached to an aromatic ring is 1. The van der Waals surface area contributed by atoms with Crippen molar-refractivity contribution in [2.24, 2.45) is 11.7 Å². The van der Waals surface area contributed by atoms with Gasteiger partial charge in [0, 0.05) is 24.3 Å². The second-order valence-electron chi connectivity index (χ2n) is 5.06. The molecule has 1 atom stereocenters. The highest BCUT2D eigenvalue weighted by molar-refractivity contribution is 5.66. The van der Waals surface area contributed by atoms with Crippen LogP contribution in [0.1, 0.15) is 25.7 Å². The number of nitrogens with one attached hydrogen (secondary N) is 1. The first-order valence-corrected chi connectivity index (χ1v) is 6.62. The van der Waals surface area contributed by atoms with Crippen LogP contribution in [0.4, 0.5) is 17.1 Å². The first-order valence-electron chi connectivity index (χ1n) is 6.62. The molecule has 1 aliphatic rings. The lowest BCUT2D eigenvalue weighted by atomic mass is 9.98. The minimum atomic E-state index is -0.476. The fraction of sp³-hybridized carbons (Fsp3) is 0.538. The average molecular weight is 264 g/mol. The molecule has 5 N–H and O–H groups in total. The highest BCUT2D eigenvalue weighted by Gasteiger charge is 2.24. The van der Waals surface area contributed by atoms with Gasteiger partial charge >= 0.3 is 0 Å². The van der Waals surface area contributed by atoms with Gasteiger partial charge in [-0.3, -0.25) is 10.1 Å². The van der Waals surface area contributed by atoms with E-state index in [1.54, 1.807) is 12.1 Å². The van der Waals surface area contributed by atoms with Crippen LogP contribution in [0.5, 0.6) is 0 Å². The van der Waals surface area contributed by atoms with E-state index in [4.69, 9.17) is 11.5 Å². The van der Waals surface area contributed by atoms with Gasteiger partial charge < -0.3 is 16.8 Å². The minimum Gasteiger partial charge on any atom is -0.393 e. The molecule has 1 fully saturated rings. The Morgan fingerprint density at radius 1 is 1.42 bits per heavy atom. The largest absolute Gasteiger partial charge is 0.393 e. The van der Waals surface area contributed by atoms with Gasteiger partial charge in [-0.15, -0.1) is 0 Å². The summed E-state index contributed by atoms with van der Waals surface area (Å²) >= 11 is 0. The Labute approximate surface area is 112 Å². The summed E-state index contributed by atoms with van der Waals surface area (Å²) in [5, 5.41) is 14.1. The van der Waals surface area contributed by atoms with Crippen molar-refractivity contribution >= 4 is 17.1 Å². The lowest BCUT2D eigenvalue weighted by Gasteiger charge is -2.24. The number of nitrogens with zero attached hydrogens (tertiary/aromatic N) is 1. The molecule has 0 radical (unpaired) electrons. The molecule has 104 valence electrons. The molecule has 0 aliphatic heterocycles. The molecule has 0 spiro atoms. The molecule has 0 bridgehead atoms. The van der Waals surface area contributed by atoms with Crippen molar-refractivity contribution in [2.75, 3.05) is 17.6 Å². The van der Waals surface area contributed by atoms with Gasteiger partial charge in [-0.1, -0.05) is 12.8 Å². The summed E-state index contributed by atoms with van der Waals surface area (Å²) < 4.78 is 0. The van der Waals surface area contributed by atoms with Gasteiger partial charge in [-0.2, -0.15) is 0 Å². The van der Waals surface area contributed by atoms with E-state index in [0.717, 1.165) is 5.69 Å². The third kappa shape index (κ3) is 3.14. The van der Waals surface area contributed by atoms with E-state index in [2.05, 4.69) is 5.32 Å². The molecule has 0 amide bonds. The van der Waals surface area contributed by atoms with Gasteiger partial charge in [0.25, 0.3) is 5.69 Å². The summed E-state index contributed by atoms with van der Waals surface area (Å²) in [6, 6.07) is 4.94. The second-order valence-corrected chi connectivity index (χ2v) is 5.06. The Balaban J connectivity index is 2.09. The van der Waals surface area contributed by atoms with E-state index in [1.165, 1.54) is 31.7 Å². The fourth-order valence-corrected chi connectivity index (χ4v) is 2.75. The van der Waals surface area contributed by atoms with Gasteiger partial charge in [0.05, 0.1) is 4.92 Å². The third-order valence-electron chi connectivity index (χ3n) is 3.80. The molecule has 6 nitrogen and oxygen atoms in total. The standard InChI is InChI=1S/C13H20N4O2/c14-8-12(9-3-1-2-4-9)16-10-5-6-13(17(18)19)11(15)7-10/h5-7,9,12,16H,1-4,8,14-15H2. The summed E-state index contributed by atoms with van der Waals surface area (Å²) in [6.07, 6.45) is 4.89. The van der Waals surface area contributed by atoms with E-state index in [0.29, 0.717) is 12.5 Å². The van der Waals surface area contributed by atoms with Crippen LogP contribution in [0.3, 0.4) is 0 Å². The SMILES string of the molecule is NCC(Nc1ccc([N+](=O)[O-])c(N)c1)C1CCCC1. The van der Waals surface area contributed by atoms with Crippen molar-refractivity contribution in [3.63, 3.8) is 0 Å². The summed E-state index contributed by atoms with van der Waals surface area (Å²) in [6.45, 7) is 0.557. The maximum Gasteiger partial charge on any atom is 0.292 e. The monoisotopic (exact) mass is 264 g/mol. The maximum absolute atomic E-state index is 10.7. The molecule has 1 saturated carbocycles. The summed E-state index contributed by atoms with van der Waals surface area (Å²) in [7, 11) is 0. The van der Waals surface area contributed by atoms with Gasteiger partial charge in [-0.25, -0.2) is 0 Å². The zero-order chi connectivity index (χ0) is 13.8. The summed E-state index contributed by atoms with van der Waals surface area (Å²) in [5.74, 6) is 0.585. The normalized spacial score (nSPS) is 17.3. The van der Waals surface area contributed by atoms with E-state index in [1.807, 2.05) is 0 Å². The van der Waals surface area contributed by atoms with Crippen LogP contribution in [0.15, 0.2) is 18.2 Å². The zero-order valence-corrected chi connectivity index (χ0v) is 10.8. The Kier molecular flexibility index (Phi) is 4.21. The Morgan fingerprint density at radius 2 is 2.11 bits per heavy atom. The van der Waals surface area contributed by atoms with Crippen molar-refractivity contribution in [3.05, 3.63) is 28.3 Å². The Bertz CT molecular complexity index is 458. The van der Waals surface area contributed by atoms with Crippen LogP contribution in [-0.4, -0.2) is 17.5 Å². The van der Waals surface area contributed by atoms with E-state index < -0.39 is 4.92 Å². The number of nitro benzene ring substituents is 1. The smallest absolute Gasteiger partial charge is 0.292 e. The molecule has 1 aromatic rings. The molecule has 1 unspecified atom stereocenters. The number of nitrogens with two attached hydrogens (primary N) is 2. The summed E-state index contributed by atoms with van der Waals surface area (Å²) in [5.41, 5.74) is 12.4. The predicted molar refractivity (Wildman–Crippen MR) is 75.9 cm³/mol.